The van der Waals surface area contributed by atoms with Crippen LogP contribution < -0.4 is 14.8 Å². The van der Waals surface area contributed by atoms with Crippen molar-refractivity contribution in [2.75, 3.05) is 33.0 Å². The summed E-state index contributed by atoms with van der Waals surface area (Å²) in [6, 6.07) is 15.8. The van der Waals surface area contributed by atoms with Gasteiger partial charge >= 0.3 is 0 Å². The Bertz CT molecular complexity index is 1030. The van der Waals surface area contributed by atoms with Gasteiger partial charge in [-0.1, -0.05) is 36.4 Å². The molecule has 1 saturated heterocycles. The number of hydrogen-bond donors (Lipinski definition) is 1. The summed E-state index contributed by atoms with van der Waals surface area (Å²) in [5, 5.41) is 3.33. The molecular formula is C23H32IN3O4S. The summed E-state index contributed by atoms with van der Waals surface area (Å²) in [5.41, 5.74) is 2.10. The maximum atomic E-state index is 12.3. The fourth-order valence-corrected chi connectivity index (χ4v) is 4.88. The van der Waals surface area contributed by atoms with Gasteiger partial charge in [0.15, 0.2) is 27.3 Å². The van der Waals surface area contributed by atoms with E-state index < -0.39 is 14.6 Å². The fourth-order valence-electron chi connectivity index (χ4n) is 3.51. The average Bonchev–Trinajstić information content (AvgIpc) is 2.76. The van der Waals surface area contributed by atoms with Gasteiger partial charge in [0.05, 0.1) is 17.6 Å². The highest BCUT2D eigenvalue weighted by Gasteiger charge is 2.40. The lowest BCUT2D eigenvalue weighted by Gasteiger charge is -2.39. The van der Waals surface area contributed by atoms with E-state index in [0.29, 0.717) is 43.7 Å². The van der Waals surface area contributed by atoms with E-state index in [4.69, 9.17) is 9.47 Å². The van der Waals surface area contributed by atoms with Crippen molar-refractivity contribution in [3.8, 4) is 11.5 Å². The second-order valence-electron chi connectivity index (χ2n) is 8.16. The minimum absolute atomic E-state index is 0. The van der Waals surface area contributed by atoms with Crippen LogP contribution in [0.5, 0.6) is 11.5 Å². The van der Waals surface area contributed by atoms with Crippen molar-refractivity contribution in [3.05, 3.63) is 59.7 Å². The number of nitrogens with zero attached hydrogens (tertiary/aromatic N) is 2. The third-order valence-corrected chi connectivity index (χ3v) is 8.00. The van der Waals surface area contributed by atoms with E-state index in [9.17, 15) is 8.42 Å². The quantitative estimate of drug-likeness (QED) is 0.324. The molecule has 0 atom stereocenters. The van der Waals surface area contributed by atoms with Gasteiger partial charge in [-0.2, -0.15) is 0 Å². The lowest BCUT2D eigenvalue weighted by molar-refractivity contribution is 0.284. The first-order valence-electron chi connectivity index (χ1n) is 10.3. The molecule has 0 unspecified atom stereocenters. The summed E-state index contributed by atoms with van der Waals surface area (Å²) in [6.07, 6.45) is 0. The van der Waals surface area contributed by atoms with E-state index in [1.54, 1.807) is 28.0 Å². The van der Waals surface area contributed by atoms with Crippen molar-refractivity contribution in [1.82, 2.24) is 10.2 Å². The predicted molar refractivity (Wildman–Crippen MR) is 139 cm³/mol. The maximum absolute atomic E-state index is 12.3. The lowest BCUT2D eigenvalue weighted by atomic mass is 10.2. The second kappa shape index (κ2) is 11.2. The first kappa shape index (κ1) is 26.2. The summed E-state index contributed by atoms with van der Waals surface area (Å²) in [7, 11) is 0.233. The number of aliphatic imine (C=N–C) groups is 1. The van der Waals surface area contributed by atoms with Crippen molar-refractivity contribution < 1.29 is 17.9 Å². The zero-order valence-electron chi connectivity index (χ0n) is 19.0. The molecule has 176 valence electrons. The summed E-state index contributed by atoms with van der Waals surface area (Å²) in [4.78, 5) is 6.34. The van der Waals surface area contributed by atoms with Gasteiger partial charge in [0.1, 0.15) is 6.61 Å². The van der Waals surface area contributed by atoms with E-state index in [1.165, 1.54) is 0 Å². The van der Waals surface area contributed by atoms with Gasteiger partial charge in [0, 0.05) is 26.7 Å². The van der Waals surface area contributed by atoms with Crippen molar-refractivity contribution >= 4 is 39.8 Å². The van der Waals surface area contributed by atoms with Gasteiger partial charge < -0.3 is 19.7 Å². The van der Waals surface area contributed by atoms with Crippen LogP contribution in [-0.2, 0) is 23.0 Å². The third-order valence-electron chi connectivity index (χ3n) is 5.47. The Balaban J connectivity index is 0.00000363. The van der Waals surface area contributed by atoms with Crippen LogP contribution in [0.2, 0.25) is 0 Å². The number of methoxy groups -OCH3 is 1. The summed E-state index contributed by atoms with van der Waals surface area (Å²) >= 11 is 0. The molecule has 0 amide bonds. The van der Waals surface area contributed by atoms with Crippen LogP contribution >= 0.6 is 24.0 Å². The number of halogens is 1. The van der Waals surface area contributed by atoms with Gasteiger partial charge in [-0.25, -0.2) is 8.42 Å². The third kappa shape index (κ3) is 6.28. The average molecular weight is 573 g/mol. The Labute approximate surface area is 208 Å². The molecule has 0 aromatic heterocycles. The van der Waals surface area contributed by atoms with E-state index in [2.05, 4.69) is 10.3 Å². The number of guanidine groups is 1. The molecule has 1 aliphatic heterocycles. The predicted octanol–water partition coefficient (Wildman–Crippen LogP) is 3.48. The smallest absolute Gasteiger partial charge is 0.193 e. The molecule has 3 rings (SSSR count). The van der Waals surface area contributed by atoms with Crippen LogP contribution in [0, 0.1) is 0 Å². The van der Waals surface area contributed by atoms with E-state index in [-0.39, 0.29) is 29.7 Å². The molecule has 0 spiro atoms. The highest BCUT2D eigenvalue weighted by molar-refractivity contribution is 14.0. The molecule has 0 aliphatic carbocycles. The summed E-state index contributed by atoms with van der Waals surface area (Å²) in [6.45, 7) is 5.37. The topological polar surface area (TPSA) is 80.2 Å². The molecule has 1 fully saturated rings. The Morgan fingerprint density at radius 1 is 1.12 bits per heavy atom. The van der Waals surface area contributed by atoms with Gasteiger partial charge in [-0.05, 0) is 37.1 Å². The minimum Gasteiger partial charge on any atom is -0.493 e. The molecular weight excluding hydrogens is 541 g/mol. The first-order valence-corrected chi connectivity index (χ1v) is 11.9. The minimum atomic E-state index is -3.10. The molecule has 0 radical (unpaired) electrons. The normalized spacial score (nSPS) is 17.2. The SMILES string of the molecule is CN=C(NCc1ccc(OCc2ccccc2)c(OC)c1)N1CCS(=O)(=O)C(C)(C)C1.I. The van der Waals surface area contributed by atoms with Crippen molar-refractivity contribution in [2.24, 2.45) is 4.99 Å². The summed E-state index contributed by atoms with van der Waals surface area (Å²) < 4.78 is 35.2. The van der Waals surface area contributed by atoms with Crippen LogP contribution in [0.15, 0.2) is 53.5 Å². The van der Waals surface area contributed by atoms with Crippen molar-refractivity contribution in [1.29, 1.82) is 0 Å². The Hall–Kier alpha value is -2.01. The standard InChI is InChI=1S/C23H31N3O4S.HI/c1-23(2)17-26(12-13-31(23,27)28)22(24-3)25-15-19-10-11-20(21(14-19)29-4)30-16-18-8-6-5-7-9-18;/h5-11,14H,12-13,15-17H2,1-4H3,(H,24,25);1H. The molecule has 2 aromatic rings. The van der Waals surface area contributed by atoms with Crippen LogP contribution in [0.1, 0.15) is 25.0 Å². The molecule has 1 heterocycles. The van der Waals surface area contributed by atoms with Gasteiger partial charge in [0.2, 0.25) is 0 Å². The zero-order valence-corrected chi connectivity index (χ0v) is 22.1. The number of benzene rings is 2. The Kier molecular flexibility index (Phi) is 9.20. The van der Waals surface area contributed by atoms with Crippen LogP contribution in [0.25, 0.3) is 0 Å². The molecule has 0 saturated carbocycles. The largest absolute Gasteiger partial charge is 0.493 e. The van der Waals surface area contributed by atoms with Gasteiger partial charge in [-0.3, -0.25) is 4.99 Å². The van der Waals surface area contributed by atoms with Crippen LogP contribution in [-0.4, -0.2) is 57.0 Å². The molecule has 0 bridgehead atoms. The van der Waals surface area contributed by atoms with Crippen LogP contribution in [0.4, 0.5) is 0 Å². The van der Waals surface area contributed by atoms with E-state index in [1.807, 2.05) is 53.4 Å². The molecule has 32 heavy (non-hydrogen) atoms. The second-order valence-corrected chi connectivity index (χ2v) is 10.9. The van der Waals surface area contributed by atoms with Gasteiger partial charge in [-0.15, -0.1) is 24.0 Å². The van der Waals surface area contributed by atoms with Gasteiger partial charge in [0.25, 0.3) is 0 Å². The zero-order chi connectivity index (χ0) is 22.5. The van der Waals surface area contributed by atoms with E-state index in [0.717, 1.165) is 11.1 Å². The number of sulfone groups is 1. The first-order chi connectivity index (χ1) is 14.8. The monoisotopic (exact) mass is 573 g/mol. The summed E-state index contributed by atoms with van der Waals surface area (Å²) in [5.74, 6) is 2.16. The number of hydrogen-bond acceptors (Lipinski definition) is 5. The van der Waals surface area contributed by atoms with Crippen LogP contribution in [0.3, 0.4) is 0 Å². The molecule has 1 N–H and O–H groups in total. The molecule has 7 nitrogen and oxygen atoms in total. The Morgan fingerprint density at radius 3 is 2.47 bits per heavy atom. The number of rotatable bonds is 6. The lowest BCUT2D eigenvalue weighted by Crippen LogP contribution is -2.57. The molecule has 2 aromatic carbocycles. The maximum Gasteiger partial charge on any atom is 0.193 e. The molecule has 1 aliphatic rings. The number of ether oxygens (including phenoxy) is 2. The Morgan fingerprint density at radius 2 is 1.84 bits per heavy atom. The highest BCUT2D eigenvalue weighted by atomic mass is 127. The number of nitrogens with one attached hydrogen (secondary N) is 1. The van der Waals surface area contributed by atoms with E-state index >= 15 is 0 Å². The fraction of sp³-hybridized carbons (Fsp3) is 0.435. The molecule has 9 heteroatoms. The van der Waals surface area contributed by atoms with Crippen molar-refractivity contribution in [2.45, 2.75) is 31.7 Å². The van der Waals surface area contributed by atoms with Crippen molar-refractivity contribution in [3.63, 3.8) is 0 Å². The highest BCUT2D eigenvalue weighted by Crippen LogP contribution is 2.29.